The van der Waals surface area contributed by atoms with E-state index in [0.29, 0.717) is 0 Å². The minimum Gasteiger partial charge on any atom is -0.443 e. The van der Waals surface area contributed by atoms with Crippen molar-refractivity contribution in [2.45, 2.75) is 32.5 Å². The Balaban J connectivity index is 2.75. The van der Waals surface area contributed by atoms with Gasteiger partial charge in [-0.15, -0.1) is 0 Å². The molecule has 4 nitrogen and oxygen atoms in total. The van der Waals surface area contributed by atoms with Crippen LogP contribution < -0.4 is 5.43 Å². The summed E-state index contributed by atoms with van der Waals surface area (Å²) in [5, 5.41) is 3.45. The number of ether oxygens (including phenoxy) is 1. The minimum absolute atomic E-state index is 0.143. The number of hydrogen-bond donors (Lipinski definition) is 1. The topological polar surface area (TPSA) is 50.7 Å². The van der Waals surface area contributed by atoms with E-state index in [1.54, 1.807) is 20.8 Å². The smallest absolute Gasteiger partial charge is 0.428 e. The van der Waals surface area contributed by atoms with Gasteiger partial charge in [0.2, 0.25) is 0 Å². The zero-order chi connectivity index (χ0) is 15.4. The summed E-state index contributed by atoms with van der Waals surface area (Å²) in [6, 6.07) is 4.92. The first-order valence-electron chi connectivity index (χ1n) is 5.78. The third-order valence-corrected chi connectivity index (χ3v) is 2.02. The number of amides is 1. The van der Waals surface area contributed by atoms with Crippen LogP contribution in [0.4, 0.5) is 18.0 Å². The fraction of sp³-hybridized carbons (Fsp3) is 0.385. The van der Waals surface area contributed by atoms with E-state index < -0.39 is 23.4 Å². The number of rotatable bonds is 2. The SMILES string of the molecule is CC(C)(C)OC(=O)N/N=C/c1ccccc1C(F)(F)F. The van der Waals surface area contributed by atoms with Crippen molar-refractivity contribution in [1.29, 1.82) is 0 Å². The second-order valence-corrected chi connectivity index (χ2v) is 4.96. The number of hydrazone groups is 1. The van der Waals surface area contributed by atoms with Crippen LogP contribution in [0.3, 0.4) is 0 Å². The molecule has 0 atom stereocenters. The lowest BCUT2D eigenvalue weighted by molar-refractivity contribution is -0.137. The number of carbonyl (C=O) groups excluding carboxylic acids is 1. The summed E-state index contributed by atoms with van der Waals surface area (Å²) < 4.78 is 42.9. The van der Waals surface area contributed by atoms with Crippen LogP contribution in [0.25, 0.3) is 0 Å². The average molecular weight is 288 g/mol. The molecule has 110 valence electrons. The number of nitrogens with one attached hydrogen (secondary N) is 1. The second-order valence-electron chi connectivity index (χ2n) is 4.96. The maximum Gasteiger partial charge on any atom is 0.428 e. The molecule has 1 aromatic rings. The summed E-state index contributed by atoms with van der Waals surface area (Å²) in [4.78, 5) is 11.3. The number of nitrogens with zero attached hydrogens (tertiary/aromatic N) is 1. The van der Waals surface area contributed by atoms with Crippen molar-refractivity contribution in [1.82, 2.24) is 5.43 Å². The number of halogens is 3. The lowest BCUT2D eigenvalue weighted by Crippen LogP contribution is -2.29. The summed E-state index contributed by atoms with van der Waals surface area (Å²) in [7, 11) is 0. The van der Waals surface area contributed by atoms with Gasteiger partial charge in [0.15, 0.2) is 0 Å². The van der Waals surface area contributed by atoms with Crippen molar-refractivity contribution in [3.63, 3.8) is 0 Å². The van der Waals surface area contributed by atoms with Gasteiger partial charge in [-0.3, -0.25) is 0 Å². The molecule has 7 heteroatoms. The van der Waals surface area contributed by atoms with E-state index in [2.05, 4.69) is 5.10 Å². The molecule has 0 aliphatic carbocycles. The normalized spacial score (nSPS) is 12.5. The van der Waals surface area contributed by atoms with Crippen molar-refractivity contribution >= 4 is 12.3 Å². The molecular weight excluding hydrogens is 273 g/mol. The fourth-order valence-electron chi connectivity index (χ4n) is 1.32. The Hall–Kier alpha value is -2.05. The van der Waals surface area contributed by atoms with Crippen LogP contribution >= 0.6 is 0 Å². The maximum absolute atomic E-state index is 12.7. The van der Waals surface area contributed by atoms with E-state index in [9.17, 15) is 18.0 Å². The molecule has 0 saturated carbocycles. The van der Waals surface area contributed by atoms with Crippen LogP contribution in [-0.2, 0) is 10.9 Å². The summed E-state index contributed by atoms with van der Waals surface area (Å²) in [6.45, 7) is 4.99. The molecule has 0 radical (unpaired) electrons. The second kappa shape index (κ2) is 5.94. The Morgan fingerprint density at radius 1 is 1.25 bits per heavy atom. The third kappa shape index (κ3) is 5.29. The lowest BCUT2D eigenvalue weighted by Gasteiger charge is -2.18. The highest BCUT2D eigenvalue weighted by molar-refractivity contribution is 5.83. The van der Waals surface area contributed by atoms with Gasteiger partial charge in [-0.05, 0) is 26.8 Å². The lowest BCUT2D eigenvalue weighted by atomic mass is 10.1. The zero-order valence-corrected chi connectivity index (χ0v) is 11.3. The monoisotopic (exact) mass is 288 g/mol. The van der Waals surface area contributed by atoms with Gasteiger partial charge >= 0.3 is 12.3 Å². The highest BCUT2D eigenvalue weighted by atomic mass is 19.4. The van der Waals surface area contributed by atoms with Gasteiger partial charge in [0.25, 0.3) is 0 Å². The van der Waals surface area contributed by atoms with Crippen LogP contribution in [0.1, 0.15) is 31.9 Å². The molecule has 0 fully saturated rings. The minimum atomic E-state index is -4.48. The van der Waals surface area contributed by atoms with Gasteiger partial charge in [-0.2, -0.15) is 18.3 Å². The van der Waals surface area contributed by atoms with E-state index in [-0.39, 0.29) is 5.56 Å². The Bertz CT molecular complexity index is 505. The number of hydrogen-bond acceptors (Lipinski definition) is 3. The van der Waals surface area contributed by atoms with Crippen molar-refractivity contribution in [3.8, 4) is 0 Å². The molecule has 1 N–H and O–H groups in total. The Morgan fingerprint density at radius 2 is 1.85 bits per heavy atom. The molecule has 0 unspecified atom stereocenters. The predicted octanol–water partition coefficient (Wildman–Crippen LogP) is 3.56. The highest BCUT2D eigenvalue weighted by Crippen LogP contribution is 2.30. The molecule has 1 aromatic carbocycles. The van der Waals surface area contributed by atoms with E-state index in [4.69, 9.17) is 4.74 Å². The molecule has 0 saturated heterocycles. The summed E-state index contributed by atoms with van der Waals surface area (Å²) in [6.07, 6.45) is -4.39. The number of carbonyl (C=O) groups is 1. The van der Waals surface area contributed by atoms with Gasteiger partial charge in [-0.1, -0.05) is 18.2 Å². The van der Waals surface area contributed by atoms with E-state index in [1.165, 1.54) is 18.2 Å². The molecule has 0 bridgehead atoms. The van der Waals surface area contributed by atoms with Crippen LogP contribution in [0, 0.1) is 0 Å². The van der Waals surface area contributed by atoms with Gasteiger partial charge in [0, 0.05) is 5.56 Å². The Morgan fingerprint density at radius 3 is 2.40 bits per heavy atom. The first-order valence-corrected chi connectivity index (χ1v) is 5.78. The summed E-state index contributed by atoms with van der Waals surface area (Å²) in [5.74, 6) is 0. The van der Waals surface area contributed by atoms with Crippen molar-refractivity contribution < 1.29 is 22.7 Å². The molecule has 0 spiro atoms. The first kappa shape index (κ1) is 16.0. The van der Waals surface area contributed by atoms with Gasteiger partial charge in [0.05, 0.1) is 11.8 Å². The predicted molar refractivity (Wildman–Crippen MR) is 68.4 cm³/mol. The first-order chi connectivity index (χ1) is 9.09. The number of alkyl halides is 3. The Kier molecular flexibility index (Phi) is 4.75. The van der Waals surface area contributed by atoms with Gasteiger partial charge in [0.1, 0.15) is 5.60 Å². The summed E-state index contributed by atoms with van der Waals surface area (Å²) >= 11 is 0. The molecule has 1 rings (SSSR count). The molecular formula is C13H15F3N2O2. The molecule has 0 aromatic heterocycles. The van der Waals surface area contributed by atoms with Crippen LogP contribution in [0.15, 0.2) is 29.4 Å². The molecule has 0 aliphatic heterocycles. The van der Waals surface area contributed by atoms with E-state index in [1.807, 2.05) is 5.43 Å². The van der Waals surface area contributed by atoms with Crippen molar-refractivity contribution in [2.24, 2.45) is 5.10 Å². The Labute approximate surface area is 114 Å². The molecule has 0 aliphatic rings. The maximum atomic E-state index is 12.7. The van der Waals surface area contributed by atoms with Gasteiger partial charge < -0.3 is 4.74 Å². The summed E-state index contributed by atoms with van der Waals surface area (Å²) in [5.41, 5.74) is 0.336. The fourth-order valence-corrected chi connectivity index (χ4v) is 1.32. The van der Waals surface area contributed by atoms with Crippen molar-refractivity contribution in [2.75, 3.05) is 0 Å². The van der Waals surface area contributed by atoms with Crippen LogP contribution in [0.5, 0.6) is 0 Å². The van der Waals surface area contributed by atoms with Gasteiger partial charge in [-0.25, -0.2) is 10.2 Å². The largest absolute Gasteiger partial charge is 0.443 e. The molecule has 20 heavy (non-hydrogen) atoms. The molecule has 1 amide bonds. The van der Waals surface area contributed by atoms with Crippen LogP contribution in [-0.4, -0.2) is 17.9 Å². The molecule has 0 heterocycles. The third-order valence-electron chi connectivity index (χ3n) is 2.02. The van der Waals surface area contributed by atoms with Crippen LogP contribution in [0.2, 0.25) is 0 Å². The van der Waals surface area contributed by atoms with Crippen molar-refractivity contribution in [3.05, 3.63) is 35.4 Å². The van der Waals surface area contributed by atoms with E-state index >= 15 is 0 Å². The quantitative estimate of drug-likeness (QED) is 0.668. The van der Waals surface area contributed by atoms with E-state index in [0.717, 1.165) is 12.3 Å². The highest BCUT2D eigenvalue weighted by Gasteiger charge is 2.32. The average Bonchev–Trinajstić information content (AvgIpc) is 2.25. The zero-order valence-electron chi connectivity index (χ0n) is 11.3. The number of benzene rings is 1. The standard InChI is InChI=1S/C13H15F3N2O2/c1-12(2,3)20-11(19)18-17-8-9-6-4-5-7-10(9)13(14,15)16/h4-8H,1-3H3,(H,18,19)/b17-8+.